The molecule has 0 aliphatic rings. The molecule has 0 rings (SSSR count). The quantitative estimate of drug-likeness (QED) is 0.287. The third-order valence-electron chi connectivity index (χ3n) is 1.92. The third-order valence-corrected chi connectivity index (χ3v) is 1.92. The van der Waals surface area contributed by atoms with Gasteiger partial charge in [-0.2, -0.15) is 0 Å². The van der Waals surface area contributed by atoms with Gasteiger partial charge in [-0.15, -0.1) is 0 Å². The van der Waals surface area contributed by atoms with Crippen LogP contribution in [0.4, 0.5) is 0 Å². The lowest BCUT2D eigenvalue weighted by Crippen LogP contribution is -2.10. The van der Waals surface area contributed by atoms with Gasteiger partial charge in [0, 0.05) is 5.57 Å². The van der Waals surface area contributed by atoms with Gasteiger partial charge in [-0.05, 0) is 12.5 Å². The Balaban J connectivity index is 4.62. The first-order valence-electron chi connectivity index (χ1n) is 5.52. The first-order valence-corrected chi connectivity index (χ1v) is 5.52. The van der Waals surface area contributed by atoms with Gasteiger partial charge in [-0.1, -0.05) is 38.8 Å². The van der Waals surface area contributed by atoms with Crippen LogP contribution in [-0.4, -0.2) is 25.2 Å². The number of ether oxygens (including phenoxy) is 2. The molecule has 0 atom stereocenters. The molecule has 4 nitrogen and oxygen atoms in total. The average Bonchev–Trinajstić information content (AvgIpc) is 2.38. The molecule has 0 saturated carbocycles. The Kier molecular flexibility index (Phi) is 7.94. The maximum Gasteiger partial charge on any atom is 0.337 e. The van der Waals surface area contributed by atoms with E-state index in [1.165, 1.54) is 18.2 Å². The summed E-state index contributed by atoms with van der Waals surface area (Å²) in [6.07, 6.45) is 4.73. The molecular formula is C14H18O4. The van der Waals surface area contributed by atoms with Crippen molar-refractivity contribution in [3.8, 4) is 0 Å². The maximum atomic E-state index is 11.6. The van der Waals surface area contributed by atoms with Gasteiger partial charge in [0.25, 0.3) is 0 Å². The van der Waals surface area contributed by atoms with E-state index in [4.69, 9.17) is 9.47 Å². The van der Waals surface area contributed by atoms with Crippen molar-refractivity contribution in [2.45, 2.75) is 13.3 Å². The molecule has 0 aromatic rings. The number of carbonyl (C=O) groups excluding carboxylic acids is 2. The van der Waals surface area contributed by atoms with E-state index >= 15 is 0 Å². The molecule has 0 aliphatic carbocycles. The Labute approximate surface area is 107 Å². The van der Waals surface area contributed by atoms with Gasteiger partial charge in [0.05, 0.1) is 5.57 Å². The largest absolute Gasteiger partial charge is 0.458 e. The monoisotopic (exact) mass is 250 g/mol. The fourth-order valence-electron chi connectivity index (χ4n) is 1.03. The first-order chi connectivity index (χ1) is 8.56. The summed E-state index contributed by atoms with van der Waals surface area (Å²) in [5.74, 6) is -1.08. The lowest BCUT2D eigenvalue weighted by Gasteiger charge is -2.06. The maximum absolute atomic E-state index is 11.6. The van der Waals surface area contributed by atoms with Crippen LogP contribution < -0.4 is 0 Å². The molecule has 0 aromatic carbocycles. The molecule has 0 heterocycles. The van der Waals surface area contributed by atoms with Crippen LogP contribution >= 0.6 is 0 Å². The van der Waals surface area contributed by atoms with Crippen molar-refractivity contribution in [2.24, 2.45) is 0 Å². The summed E-state index contributed by atoms with van der Waals surface area (Å²) in [6, 6.07) is 0. The number of carbonyl (C=O) groups is 2. The van der Waals surface area contributed by atoms with Crippen molar-refractivity contribution < 1.29 is 19.1 Å². The van der Waals surface area contributed by atoms with E-state index in [2.05, 4.69) is 19.7 Å². The summed E-state index contributed by atoms with van der Waals surface area (Å²) >= 11 is 0. The van der Waals surface area contributed by atoms with Crippen LogP contribution in [0.2, 0.25) is 0 Å². The normalized spacial score (nSPS) is 10.4. The Morgan fingerprint density at radius 2 is 1.56 bits per heavy atom. The van der Waals surface area contributed by atoms with Gasteiger partial charge in [0.1, 0.15) is 13.2 Å². The molecule has 0 amide bonds. The minimum atomic E-state index is -0.586. The average molecular weight is 250 g/mol. The Morgan fingerprint density at radius 1 is 1.06 bits per heavy atom. The smallest absolute Gasteiger partial charge is 0.337 e. The summed E-state index contributed by atoms with van der Waals surface area (Å²) in [5, 5.41) is 0. The molecule has 4 heteroatoms. The second-order valence-electron chi connectivity index (χ2n) is 3.32. The minimum Gasteiger partial charge on any atom is -0.458 e. The highest BCUT2D eigenvalue weighted by Crippen LogP contribution is 2.09. The van der Waals surface area contributed by atoms with Gasteiger partial charge in [0.15, 0.2) is 0 Å². The van der Waals surface area contributed by atoms with E-state index in [0.29, 0.717) is 12.0 Å². The highest BCUT2D eigenvalue weighted by Gasteiger charge is 2.12. The van der Waals surface area contributed by atoms with Crippen LogP contribution in [0.3, 0.4) is 0 Å². The van der Waals surface area contributed by atoms with Crippen LogP contribution in [0, 0.1) is 0 Å². The summed E-state index contributed by atoms with van der Waals surface area (Å²) in [4.78, 5) is 23.0. The SMILES string of the molecule is C=CCOC(=O)C(=C)/C=C(\CC)C(=O)OCC=C. The van der Waals surface area contributed by atoms with E-state index < -0.39 is 11.9 Å². The Hall–Kier alpha value is -2.10. The van der Waals surface area contributed by atoms with Gasteiger partial charge in [0.2, 0.25) is 0 Å². The van der Waals surface area contributed by atoms with Crippen LogP contribution in [0.5, 0.6) is 0 Å². The zero-order valence-corrected chi connectivity index (χ0v) is 10.6. The molecular weight excluding hydrogens is 232 g/mol. The molecule has 0 bridgehead atoms. The summed E-state index contributed by atoms with van der Waals surface area (Å²) in [7, 11) is 0. The highest BCUT2D eigenvalue weighted by atomic mass is 16.5. The van der Waals surface area contributed by atoms with Crippen molar-refractivity contribution in [2.75, 3.05) is 13.2 Å². The van der Waals surface area contributed by atoms with Crippen molar-refractivity contribution >= 4 is 11.9 Å². The zero-order chi connectivity index (χ0) is 14.0. The molecule has 0 radical (unpaired) electrons. The fourth-order valence-corrected chi connectivity index (χ4v) is 1.03. The lowest BCUT2D eigenvalue weighted by molar-refractivity contribution is -0.138. The molecule has 0 fully saturated rings. The minimum absolute atomic E-state index is 0.101. The van der Waals surface area contributed by atoms with Crippen molar-refractivity contribution in [3.05, 3.63) is 49.1 Å². The number of hydrogen-bond acceptors (Lipinski definition) is 4. The number of hydrogen-bond donors (Lipinski definition) is 0. The summed E-state index contributed by atoms with van der Waals surface area (Å²) in [5.41, 5.74) is 0.460. The molecule has 0 aliphatic heterocycles. The van der Waals surface area contributed by atoms with Gasteiger partial charge >= 0.3 is 11.9 Å². The standard InChI is InChI=1S/C14H18O4/c1-5-8-17-13(15)11(4)10-12(7-3)14(16)18-9-6-2/h5-6,10H,1-2,4,7-9H2,3H3/b12-10+. The topological polar surface area (TPSA) is 52.6 Å². The predicted molar refractivity (Wildman–Crippen MR) is 69.8 cm³/mol. The molecule has 18 heavy (non-hydrogen) atoms. The van der Waals surface area contributed by atoms with Crippen LogP contribution in [0.15, 0.2) is 49.1 Å². The second-order valence-corrected chi connectivity index (χ2v) is 3.32. The van der Waals surface area contributed by atoms with Crippen molar-refractivity contribution in [1.82, 2.24) is 0 Å². The molecule has 0 spiro atoms. The van der Waals surface area contributed by atoms with Crippen LogP contribution in [-0.2, 0) is 19.1 Å². The predicted octanol–water partition coefficient (Wildman–Crippen LogP) is 2.34. The van der Waals surface area contributed by atoms with E-state index in [-0.39, 0.29) is 18.8 Å². The van der Waals surface area contributed by atoms with Crippen LogP contribution in [0.25, 0.3) is 0 Å². The Morgan fingerprint density at radius 3 is 2.00 bits per heavy atom. The number of rotatable bonds is 8. The molecule has 0 saturated heterocycles. The summed E-state index contributed by atoms with van der Waals surface area (Å²) in [6.45, 7) is 12.4. The van der Waals surface area contributed by atoms with Gasteiger partial charge in [-0.25, -0.2) is 9.59 Å². The lowest BCUT2D eigenvalue weighted by atomic mass is 10.1. The molecule has 0 aromatic heterocycles. The summed E-state index contributed by atoms with van der Waals surface area (Å²) < 4.78 is 9.66. The van der Waals surface area contributed by atoms with Crippen LogP contribution in [0.1, 0.15) is 13.3 Å². The second kappa shape index (κ2) is 8.98. The molecule has 0 N–H and O–H groups in total. The fraction of sp³-hybridized carbons (Fsp3) is 0.286. The molecule has 98 valence electrons. The van der Waals surface area contributed by atoms with E-state index in [1.54, 1.807) is 6.92 Å². The zero-order valence-electron chi connectivity index (χ0n) is 10.6. The first kappa shape index (κ1) is 15.9. The highest BCUT2D eigenvalue weighted by molar-refractivity contribution is 5.95. The van der Waals surface area contributed by atoms with E-state index in [9.17, 15) is 9.59 Å². The van der Waals surface area contributed by atoms with Gasteiger partial charge in [-0.3, -0.25) is 0 Å². The van der Waals surface area contributed by atoms with Crippen molar-refractivity contribution in [1.29, 1.82) is 0 Å². The van der Waals surface area contributed by atoms with E-state index in [0.717, 1.165) is 0 Å². The number of esters is 2. The van der Waals surface area contributed by atoms with E-state index in [1.807, 2.05) is 0 Å². The Bertz CT molecular complexity index is 377. The third kappa shape index (κ3) is 5.84. The van der Waals surface area contributed by atoms with Crippen molar-refractivity contribution in [3.63, 3.8) is 0 Å². The van der Waals surface area contributed by atoms with Gasteiger partial charge < -0.3 is 9.47 Å². The molecule has 0 unspecified atom stereocenters.